The minimum absolute atomic E-state index is 0.0658. The monoisotopic (exact) mass is 275 g/mol. The molecular formula is C14H21N5O. The first-order valence-corrected chi connectivity index (χ1v) is 6.77. The van der Waals surface area contributed by atoms with Gasteiger partial charge in [-0.15, -0.1) is 0 Å². The molecule has 0 aromatic carbocycles. The average Bonchev–Trinajstić information content (AvgIpc) is 2.87. The first-order valence-electron chi connectivity index (χ1n) is 6.77. The molecule has 0 saturated carbocycles. The number of hydrogen-bond acceptors (Lipinski definition) is 3. The van der Waals surface area contributed by atoms with Crippen LogP contribution in [0.4, 0.5) is 0 Å². The Labute approximate surface area is 118 Å². The number of nitrogens with one attached hydrogen (secondary N) is 1. The van der Waals surface area contributed by atoms with Gasteiger partial charge in [0.2, 0.25) is 0 Å². The minimum atomic E-state index is -0.0658. The molecule has 0 atom stereocenters. The fourth-order valence-corrected chi connectivity index (χ4v) is 2.25. The molecule has 1 amide bonds. The molecule has 0 aliphatic rings. The van der Waals surface area contributed by atoms with Gasteiger partial charge in [0, 0.05) is 32.0 Å². The summed E-state index contributed by atoms with van der Waals surface area (Å²) in [5.41, 5.74) is 3.57. The summed E-state index contributed by atoms with van der Waals surface area (Å²) in [5, 5.41) is 11.5. The molecule has 0 spiro atoms. The zero-order chi connectivity index (χ0) is 14.7. The number of carbonyl (C=O) groups excluding carboxylic acids is 1. The standard InChI is InChI=1S/C14H21N5O/c1-10-8-11(2)19(16-10)7-5-6-15-14(20)13-9-18(4)17-12(13)3/h8-9H,5-7H2,1-4H3,(H,15,20). The van der Waals surface area contributed by atoms with Gasteiger partial charge in [0.25, 0.3) is 5.91 Å². The fourth-order valence-electron chi connectivity index (χ4n) is 2.25. The second kappa shape index (κ2) is 5.90. The molecule has 6 heteroatoms. The van der Waals surface area contributed by atoms with Crippen molar-refractivity contribution >= 4 is 5.91 Å². The highest BCUT2D eigenvalue weighted by atomic mass is 16.1. The van der Waals surface area contributed by atoms with Gasteiger partial charge in [-0.05, 0) is 33.3 Å². The first kappa shape index (κ1) is 14.3. The van der Waals surface area contributed by atoms with Crippen LogP contribution in [0.2, 0.25) is 0 Å². The van der Waals surface area contributed by atoms with E-state index < -0.39 is 0 Å². The highest BCUT2D eigenvalue weighted by Crippen LogP contribution is 2.05. The molecule has 2 aromatic rings. The van der Waals surface area contributed by atoms with E-state index >= 15 is 0 Å². The Morgan fingerprint density at radius 3 is 2.60 bits per heavy atom. The molecule has 2 heterocycles. The van der Waals surface area contributed by atoms with E-state index in [4.69, 9.17) is 0 Å². The summed E-state index contributed by atoms with van der Waals surface area (Å²) in [4.78, 5) is 12.0. The van der Waals surface area contributed by atoms with Crippen molar-refractivity contribution in [2.24, 2.45) is 7.05 Å². The van der Waals surface area contributed by atoms with Crippen LogP contribution in [0.5, 0.6) is 0 Å². The molecule has 1 N–H and O–H groups in total. The SMILES string of the molecule is Cc1cc(C)n(CCCNC(=O)c2cn(C)nc2C)n1. The smallest absolute Gasteiger partial charge is 0.254 e. The van der Waals surface area contributed by atoms with Crippen LogP contribution in [-0.2, 0) is 13.6 Å². The van der Waals surface area contributed by atoms with Crippen molar-refractivity contribution in [2.45, 2.75) is 33.7 Å². The maximum Gasteiger partial charge on any atom is 0.254 e. The van der Waals surface area contributed by atoms with E-state index in [2.05, 4.69) is 21.6 Å². The molecule has 0 aliphatic heterocycles. The van der Waals surface area contributed by atoms with Crippen LogP contribution in [0, 0.1) is 20.8 Å². The molecule has 0 radical (unpaired) electrons. The summed E-state index contributed by atoms with van der Waals surface area (Å²) in [5.74, 6) is -0.0658. The summed E-state index contributed by atoms with van der Waals surface area (Å²) in [7, 11) is 1.81. The molecule has 0 fully saturated rings. The highest BCUT2D eigenvalue weighted by molar-refractivity contribution is 5.94. The second-order valence-corrected chi connectivity index (χ2v) is 5.06. The van der Waals surface area contributed by atoms with Gasteiger partial charge in [0.1, 0.15) is 0 Å². The molecular weight excluding hydrogens is 254 g/mol. The number of aryl methyl sites for hydroxylation is 5. The third kappa shape index (κ3) is 3.26. The van der Waals surface area contributed by atoms with Gasteiger partial charge in [0.05, 0.1) is 17.0 Å². The molecule has 20 heavy (non-hydrogen) atoms. The van der Waals surface area contributed by atoms with E-state index in [1.165, 1.54) is 0 Å². The molecule has 2 aromatic heterocycles. The Morgan fingerprint density at radius 2 is 2.05 bits per heavy atom. The van der Waals surface area contributed by atoms with Crippen molar-refractivity contribution in [1.29, 1.82) is 0 Å². The molecule has 0 unspecified atom stereocenters. The van der Waals surface area contributed by atoms with Crippen molar-refractivity contribution in [2.75, 3.05) is 6.54 Å². The van der Waals surface area contributed by atoms with Crippen molar-refractivity contribution in [3.05, 3.63) is 34.9 Å². The van der Waals surface area contributed by atoms with Crippen LogP contribution >= 0.6 is 0 Å². The van der Waals surface area contributed by atoms with Crippen LogP contribution in [0.1, 0.15) is 33.9 Å². The maximum absolute atomic E-state index is 12.0. The highest BCUT2D eigenvalue weighted by Gasteiger charge is 2.11. The number of carbonyl (C=O) groups is 1. The van der Waals surface area contributed by atoms with Crippen LogP contribution in [-0.4, -0.2) is 32.0 Å². The third-order valence-electron chi connectivity index (χ3n) is 3.19. The zero-order valence-corrected chi connectivity index (χ0v) is 12.5. The summed E-state index contributed by atoms with van der Waals surface area (Å²) < 4.78 is 3.62. The predicted molar refractivity (Wildman–Crippen MR) is 76.6 cm³/mol. The molecule has 0 bridgehead atoms. The number of nitrogens with zero attached hydrogens (tertiary/aromatic N) is 4. The molecule has 6 nitrogen and oxygen atoms in total. The molecule has 0 saturated heterocycles. The zero-order valence-electron chi connectivity index (χ0n) is 12.5. The second-order valence-electron chi connectivity index (χ2n) is 5.06. The van der Waals surface area contributed by atoms with E-state index in [1.807, 2.05) is 32.5 Å². The molecule has 108 valence electrons. The van der Waals surface area contributed by atoms with Gasteiger partial charge in [0.15, 0.2) is 0 Å². The maximum atomic E-state index is 12.0. The quantitative estimate of drug-likeness (QED) is 0.838. The van der Waals surface area contributed by atoms with Gasteiger partial charge in [-0.2, -0.15) is 10.2 Å². The van der Waals surface area contributed by atoms with Gasteiger partial charge in [-0.3, -0.25) is 14.2 Å². The van der Waals surface area contributed by atoms with E-state index in [1.54, 1.807) is 10.9 Å². The summed E-state index contributed by atoms with van der Waals surface area (Å²) in [6.07, 6.45) is 2.60. The Balaban J connectivity index is 1.80. The summed E-state index contributed by atoms with van der Waals surface area (Å²) >= 11 is 0. The normalized spacial score (nSPS) is 10.8. The fraction of sp³-hybridized carbons (Fsp3) is 0.500. The van der Waals surface area contributed by atoms with Crippen LogP contribution in [0.15, 0.2) is 12.3 Å². The molecule has 2 rings (SSSR count). The summed E-state index contributed by atoms with van der Waals surface area (Å²) in [6, 6.07) is 2.05. The Hall–Kier alpha value is -2.11. The van der Waals surface area contributed by atoms with E-state index in [0.29, 0.717) is 12.1 Å². The minimum Gasteiger partial charge on any atom is -0.352 e. The lowest BCUT2D eigenvalue weighted by Crippen LogP contribution is -2.25. The molecule has 0 aliphatic carbocycles. The van der Waals surface area contributed by atoms with Crippen molar-refractivity contribution < 1.29 is 4.79 Å². The average molecular weight is 275 g/mol. The van der Waals surface area contributed by atoms with E-state index in [-0.39, 0.29) is 5.91 Å². The van der Waals surface area contributed by atoms with Gasteiger partial charge in [-0.1, -0.05) is 0 Å². The number of amides is 1. The topological polar surface area (TPSA) is 64.7 Å². The van der Waals surface area contributed by atoms with Crippen LogP contribution < -0.4 is 5.32 Å². The Kier molecular flexibility index (Phi) is 4.22. The predicted octanol–water partition coefficient (Wildman–Crippen LogP) is 1.36. The number of hydrogen-bond donors (Lipinski definition) is 1. The van der Waals surface area contributed by atoms with E-state index in [0.717, 1.165) is 30.0 Å². The number of aromatic nitrogens is 4. The summed E-state index contributed by atoms with van der Waals surface area (Å²) in [6.45, 7) is 7.30. The van der Waals surface area contributed by atoms with Crippen LogP contribution in [0.3, 0.4) is 0 Å². The Morgan fingerprint density at radius 1 is 1.30 bits per heavy atom. The lowest BCUT2D eigenvalue weighted by atomic mass is 10.2. The third-order valence-corrected chi connectivity index (χ3v) is 3.19. The number of rotatable bonds is 5. The lowest BCUT2D eigenvalue weighted by molar-refractivity contribution is 0.0952. The van der Waals surface area contributed by atoms with Gasteiger partial charge in [-0.25, -0.2) is 0 Å². The largest absolute Gasteiger partial charge is 0.352 e. The van der Waals surface area contributed by atoms with Gasteiger partial charge >= 0.3 is 0 Å². The van der Waals surface area contributed by atoms with Gasteiger partial charge < -0.3 is 5.32 Å². The Bertz CT molecular complexity index is 611. The van der Waals surface area contributed by atoms with Crippen molar-refractivity contribution in [3.63, 3.8) is 0 Å². The lowest BCUT2D eigenvalue weighted by Gasteiger charge is -2.06. The first-order chi connectivity index (χ1) is 9.47. The van der Waals surface area contributed by atoms with Crippen molar-refractivity contribution in [3.8, 4) is 0 Å². The van der Waals surface area contributed by atoms with Crippen molar-refractivity contribution in [1.82, 2.24) is 24.9 Å². The van der Waals surface area contributed by atoms with Crippen LogP contribution in [0.25, 0.3) is 0 Å². The van der Waals surface area contributed by atoms with E-state index in [9.17, 15) is 4.79 Å².